The zero-order valence-corrected chi connectivity index (χ0v) is 13.4. The Morgan fingerprint density at radius 1 is 1.00 bits per heavy atom. The van der Waals surface area contributed by atoms with Gasteiger partial charge in [0.2, 0.25) is 5.95 Å². The molecule has 0 unspecified atom stereocenters. The van der Waals surface area contributed by atoms with E-state index < -0.39 is 35.6 Å². The monoisotopic (exact) mass is 384 g/mol. The van der Waals surface area contributed by atoms with Crippen molar-refractivity contribution in [2.75, 3.05) is 5.73 Å². The molecule has 3 rings (SSSR count). The number of imidazole rings is 1. The first-order valence-corrected chi connectivity index (χ1v) is 7.44. The molecule has 0 aliphatic carbocycles. The highest BCUT2D eigenvalue weighted by Crippen LogP contribution is 2.38. The smallest absolute Gasteiger partial charge is 0.369 e. The molecule has 0 fully saturated rings. The Bertz CT molecular complexity index is 1060. The Hall–Kier alpha value is -3.22. The molecule has 0 bridgehead atoms. The van der Waals surface area contributed by atoms with Crippen molar-refractivity contribution in [1.29, 1.82) is 5.26 Å². The molecule has 0 saturated heterocycles. The third-order valence-electron chi connectivity index (χ3n) is 3.98. The SMILES string of the molecule is N#Cc1ccc2nc(N)n(Cc3ccc(C(F)(F)F)cc3C(F)(F)F)c2c1. The van der Waals surface area contributed by atoms with Gasteiger partial charge in [-0.3, -0.25) is 0 Å². The van der Waals surface area contributed by atoms with Gasteiger partial charge in [-0.05, 0) is 35.9 Å². The van der Waals surface area contributed by atoms with Crippen molar-refractivity contribution in [1.82, 2.24) is 9.55 Å². The Morgan fingerprint density at radius 2 is 1.70 bits per heavy atom. The number of nitriles is 1. The van der Waals surface area contributed by atoms with Gasteiger partial charge in [0.15, 0.2) is 0 Å². The van der Waals surface area contributed by atoms with Crippen LogP contribution in [-0.4, -0.2) is 9.55 Å². The van der Waals surface area contributed by atoms with Crippen LogP contribution in [0.25, 0.3) is 11.0 Å². The minimum absolute atomic E-state index is 0.0748. The van der Waals surface area contributed by atoms with Crippen molar-refractivity contribution in [3.63, 3.8) is 0 Å². The number of hydrogen-bond donors (Lipinski definition) is 1. The molecule has 1 heterocycles. The van der Waals surface area contributed by atoms with E-state index in [-0.39, 0.29) is 17.6 Å². The Kier molecular flexibility index (Phi) is 4.26. The van der Waals surface area contributed by atoms with Crippen LogP contribution in [0.2, 0.25) is 0 Å². The summed E-state index contributed by atoms with van der Waals surface area (Å²) in [4.78, 5) is 4.00. The lowest BCUT2D eigenvalue weighted by Gasteiger charge is -2.17. The number of anilines is 1. The van der Waals surface area contributed by atoms with Gasteiger partial charge in [0.1, 0.15) is 0 Å². The molecule has 0 saturated carbocycles. The van der Waals surface area contributed by atoms with Gasteiger partial charge in [-0.25, -0.2) is 4.98 Å². The van der Waals surface area contributed by atoms with E-state index in [4.69, 9.17) is 11.0 Å². The fraction of sp³-hybridized carbons (Fsp3) is 0.176. The quantitative estimate of drug-likeness (QED) is 0.658. The lowest BCUT2D eigenvalue weighted by atomic mass is 10.0. The predicted octanol–water partition coefficient (Wildman–Crippen LogP) is 4.58. The Labute approximate surface area is 148 Å². The van der Waals surface area contributed by atoms with Crippen molar-refractivity contribution in [3.8, 4) is 6.07 Å². The molecule has 0 atom stereocenters. The zero-order valence-electron chi connectivity index (χ0n) is 13.4. The van der Waals surface area contributed by atoms with E-state index in [1.807, 2.05) is 6.07 Å². The number of hydrogen-bond acceptors (Lipinski definition) is 3. The molecule has 27 heavy (non-hydrogen) atoms. The zero-order chi connectivity index (χ0) is 20.0. The second-order valence-corrected chi connectivity index (χ2v) is 5.74. The first kappa shape index (κ1) is 18.6. The summed E-state index contributed by atoms with van der Waals surface area (Å²) in [7, 11) is 0. The van der Waals surface area contributed by atoms with Crippen LogP contribution in [0.15, 0.2) is 36.4 Å². The number of aromatic nitrogens is 2. The second kappa shape index (κ2) is 6.19. The number of nitrogens with two attached hydrogens (primary N) is 1. The van der Waals surface area contributed by atoms with Crippen LogP contribution in [0.3, 0.4) is 0 Å². The first-order chi connectivity index (χ1) is 12.5. The summed E-state index contributed by atoms with van der Waals surface area (Å²) in [5.41, 5.74) is 3.46. The molecule has 2 aromatic carbocycles. The van der Waals surface area contributed by atoms with E-state index in [0.717, 1.165) is 6.07 Å². The van der Waals surface area contributed by atoms with E-state index in [1.54, 1.807) is 0 Å². The number of rotatable bonds is 2. The number of nitrogen functional groups attached to an aromatic ring is 1. The van der Waals surface area contributed by atoms with E-state index in [9.17, 15) is 26.3 Å². The molecule has 140 valence electrons. The molecule has 3 aromatic rings. The van der Waals surface area contributed by atoms with Crippen LogP contribution in [0.1, 0.15) is 22.3 Å². The fourth-order valence-corrected chi connectivity index (χ4v) is 2.70. The lowest BCUT2D eigenvalue weighted by Crippen LogP contribution is -2.15. The molecular weight excluding hydrogens is 374 g/mol. The molecule has 0 amide bonds. The molecular formula is C17H10F6N4. The van der Waals surface area contributed by atoms with Gasteiger partial charge < -0.3 is 10.3 Å². The van der Waals surface area contributed by atoms with Gasteiger partial charge in [-0.1, -0.05) is 6.07 Å². The summed E-state index contributed by atoms with van der Waals surface area (Å²) in [5.74, 6) is -0.117. The summed E-state index contributed by atoms with van der Waals surface area (Å²) >= 11 is 0. The number of benzene rings is 2. The standard InChI is InChI=1S/C17H10F6N4/c18-16(19,20)11-3-2-10(12(6-11)17(21,22)23)8-27-14-5-9(7-24)1-4-13(14)26-15(27)25/h1-6H,8H2,(H2,25,26). The van der Waals surface area contributed by atoms with Gasteiger partial charge in [-0.15, -0.1) is 0 Å². The topological polar surface area (TPSA) is 67.6 Å². The Balaban J connectivity index is 2.15. The summed E-state index contributed by atoms with van der Waals surface area (Å²) in [6.07, 6.45) is -9.89. The second-order valence-electron chi connectivity index (χ2n) is 5.74. The summed E-state index contributed by atoms with van der Waals surface area (Å²) in [6, 6.07) is 7.67. The average molecular weight is 384 g/mol. The average Bonchev–Trinajstić information content (AvgIpc) is 2.88. The molecule has 0 aliphatic heterocycles. The van der Waals surface area contributed by atoms with Crippen molar-refractivity contribution >= 4 is 17.0 Å². The number of alkyl halides is 6. The van der Waals surface area contributed by atoms with Crippen molar-refractivity contribution in [2.24, 2.45) is 0 Å². The maximum atomic E-state index is 13.3. The van der Waals surface area contributed by atoms with Gasteiger partial charge in [-0.2, -0.15) is 31.6 Å². The van der Waals surface area contributed by atoms with Crippen LogP contribution in [0, 0.1) is 11.3 Å². The number of halogens is 6. The third kappa shape index (κ3) is 3.53. The molecule has 0 spiro atoms. The first-order valence-electron chi connectivity index (χ1n) is 7.44. The predicted molar refractivity (Wildman–Crippen MR) is 84.4 cm³/mol. The molecule has 1 aromatic heterocycles. The van der Waals surface area contributed by atoms with Crippen LogP contribution in [0.5, 0.6) is 0 Å². The van der Waals surface area contributed by atoms with E-state index in [0.29, 0.717) is 17.1 Å². The van der Waals surface area contributed by atoms with E-state index >= 15 is 0 Å². The summed E-state index contributed by atoms with van der Waals surface area (Å²) in [5, 5.41) is 8.98. The summed E-state index contributed by atoms with van der Waals surface area (Å²) < 4.78 is 79.5. The molecule has 0 aliphatic rings. The Morgan fingerprint density at radius 3 is 2.30 bits per heavy atom. The maximum absolute atomic E-state index is 13.3. The minimum Gasteiger partial charge on any atom is -0.369 e. The van der Waals surface area contributed by atoms with Crippen LogP contribution in [-0.2, 0) is 18.9 Å². The van der Waals surface area contributed by atoms with Gasteiger partial charge in [0.25, 0.3) is 0 Å². The minimum atomic E-state index is -4.99. The van der Waals surface area contributed by atoms with Crippen molar-refractivity contribution < 1.29 is 26.3 Å². The molecule has 10 heteroatoms. The highest BCUT2D eigenvalue weighted by Gasteiger charge is 2.38. The maximum Gasteiger partial charge on any atom is 0.416 e. The highest BCUT2D eigenvalue weighted by molar-refractivity contribution is 5.80. The highest BCUT2D eigenvalue weighted by atomic mass is 19.4. The molecule has 2 N–H and O–H groups in total. The van der Waals surface area contributed by atoms with Crippen molar-refractivity contribution in [2.45, 2.75) is 18.9 Å². The number of fused-ring (bicyclic) bond motifs is 1. The van der Waals surface area contributed by atoms with Crippen LogP contribution in [0.4, 0.5) is 32.3 Å². The number of nitrogens with zero attached hydrogens (tertiary/aromatic N) is 3. The van der Waals surface area contributed by atoms with E-state index in [2.05, 4.69) is 4.98 Å². The normalized spacial score (nSPS) is 12.3. The largest absolute Gasteiger partial charge is 0.416 e. The van der Waals surface area contributed by atoms with Crippen LogP contribution < -0.4 is 5.73 Å². The molecule has 0 radical (unpaired) electrons. The fourth-order valence-electron chi connectivity index (χ4n) is 2.70. The van der Waals surface area contributed by atoms with Gasteiger partial charge in [0, 0.05) is 0 Å². The lowest BCUT2D eigenvalue weighted by molar-refractivity contribution is -0.143. The van der Waals surface area contributed by atoms with Crippen molar-refractivity contribution in [3.05, 3.63) is 58.7 Å². The third-order valence-corrected chi connectivity index (χ3v) is 3.98. The molecule has 4 nitrogen and oxygen atoms in total. The van der Waals surface area contributed by atoms with Gasteiger partial charge in [0.05, 0.1) is 40.3 Å². The van der Waals surface area contributed by atoms with Gasteiger partial charge >= 0.3 is 12.4 Å². The van der Waals surface area contributed by atoms with E-state index in [1.165, 1.54) is 22.8 Å². The van der Waals surface area contributed by atoms with Crippen LogP contribution >= 0.6 is 0 Å². The summed E-state index contributed by atoms with van der Waals surface area (Å²) in [6.45, 7) is -0.454.